The minimum absolute atomic E-state index is 0.293. The van der Waals surface area contributed by atoms with Crippen molar-refractivity contribution in [3.05, 3.63) is 46.9 Å². The van der Waals surface area contributed by atoms with Crippen molar-refractivity contribution >= 4 is 11.8 Å². The Morgan fingerprint density at radius 2 is 1.89 bits per heavy atom. The van der Waals surface area contributed by atoms with Gasteiger partial charge in [-0.25, -0.2) is 0 Å². The molecule has 6 nitrogen and oxygen atoms in total. The summed E-state index contributed by atoms with van der Waals surface area (Å²) < 4.78 is 5.58. The minimum atomic E-state index is -0.293. The van der Waals surface area contributed by atoms with Crippen molar-refractivity contribution in [1.29, 1.82) is 0 Å². The number of nitrogens with zero attached hydrogens (tertiary/aromatic N) is 4. The predicted octanol–water partition coefficient (Wildman–Crippen LogP) is 4.83. The molecule has 2 heterocycles. The lowest BCUT2D eigenvalue weighted by molar-refractivity contribution is -0.771. The number of benzene rings is 1. The van der Waals surface area contributed by atoms with Gasteiger partial charge in [0.15, 0.2) is 0 Å². The lowest BCUT2D eigenvalue weighted by atomic mass is 10.00. The number of carbonyl (C=O) groups is 1. The molecule has 0 aliphatic carbocycles. The smallest absolute Gasteiger partial charge is 0.269 e. The Balaban J connectivity index is 1.84. The van der Waals surface area contributed by atoms with E-state index in [4.69, 9.17) is 4.52 Å². The molecule has 0 bridgehead atoms. The first kappa shape index (κ1) is 20.4. The lowest BCUT2D eigenvalue weighted by Gasteiger charge is -2.32. The SMILES string of the molecule is CCCCCCc1c([N-]C(=O)c2ccccc2)on[n+]1N1C(C)CCCC1C. The number of amides is 1. The summed E-state index contributed by atoms with van der Waals surface area (Å²) in [4.78, 5) is 14.5. The third-order valence-corrected chi connectivity index (χ3v) is 5.55. The molecule has 0 saturated carbocycles. The fourth-order valence-corrected chi connectivity index (χ4v) is 3.98. The number of carbonyl (C=O) groups excluding carboxylic acids is 1. The highest BCUT2D eigenvalue weighted by molar-refractivity contribution is 6.08. The van der Waals surface area contributed by atoms with E-state index in [1.807, 2.05) is 23.0 Å². The van der Waals surface area contributed by atoms with Crippen LogP contribution in [0.25, 0.3) is 5.32 Å². The van der Waals surface area contributed by atoms with E-state index in [1.54, 1.807) is 12.1 Å². The van der Waals surface area contributed by atoms with Gasteiger partial charge in [0.1, 0.15) is 5.88 Å². The average molecular weight is 385 g/mol. The maximum atomic E-state index is 12.6. The topological polar surface area (TPSA) is 64.3 Å². The zero-order valence-corrected chi connectivity index (χ0v) is 17.3. The molecule has 2 atom stereocenters. The molecule has 0 radical (unpaired) electrons. The fourth-order valence-electron chi connectivity index (χ4n) is 3.98. The second kappa shape index (κ2) is 9.71. The molecule has 28 heavy (non-hydrogen) atoms. The van der Waals surface area contributed by atoms with E-state index in [2.05, 4.69) is 36.4 Å². The van der Waals surface area contributed by atoms with Crippen LogP contribution < -0.4 is 9.80 Å². The van der Waals surface area contributed by atoms with Gasteiger partial charge in [-0.05, 0) is 45.1 Å². The Morgan fingerprint density at radius 3 is 2.57 bits per heavy atom. The molecular formula is C22H32N4O2. The first-order chi connectivity index (χ1) is 13.6. The molecule has 6 heteroatoms. The predicted molar refractivity (Wildman–Crippen MR) is 109 cm³/mol. The van der Waals surface area contributed by atoms with E-state index in [0.717, 1.165) is 37.8 Å². The van der Waals surface area contributed by atoms with Gasteiger partial charge in [0.05, 0.1) is 22.8 Å². The maximum absolute atomic E-state index is 12.6. The van der Waals surface area contributed by atoms with Gasteiger partial charge in [0.25, 0.3) is 5.69 Å². The number of aromatic nitrogens is 2. The van der Waals surface area contributed by atoms with Gasteiger partial charge in [-0.3, -0.25) is 0 Å². The van der Waals surface area contributed by atoms with Crippen molar-refractivity contribution in [3.63, 3.8) is 0 Å². The lowest BCUT2D eigenvalue weighted by Crippen LogP contribution is -2.69. The normalized spacial score (nSPS) is 19.6. The summed E-state index contributed by atoms with van der Waals surface area (Å²) >= 11 is 0. The van der Waals surface area contributed by atoms with Crippen LogP contribution >= 0.6 is 0 Å². The monoisotopic (exact) mass is 384 g/mol. The van der Waals surface area contributed by atoms with Crippen LogP contribution in [0.1, 0.15) is 81.8 Å². The quantitative estimate of drug-likeness (QED) is 0.483. The number of hydrogen-bond acceptors (Lipinski definition) is 4. The van der Waals surface area contributed by atoms with E-state index in [9.17, 15) is 4.79 Å². The highest BCUT2D eigenvalue weighted by Gasteiger charge is 2.36. The molecule has 1 aromatic heterocycles. The Kier molecular flexibility index (Phi) is 7.06. The molecule has 1 fully saturated rings. The van der Waals surface area contributed by atoms with Crippen LogP contribution in [0.4, 0.5) is 5.88 Å². The van der Waals surface area contributed by atoms with Crippen LogP contribution in [0.2, 0.25) is 0 Å². The first-order valence-corrected chi connectivity index (χ1v) is 10.6. The molecule has 1 saturated heterocycles. The van der Waals surface area contributed by atoms with Crippen molar-refractivity contribution in [3.8, 4) is 0 Å². The van der Waals surface area contributed by atoms with Gasteiger partial charge in [-0.2, -0.15) is 0 Å². The van der Waals surface area contributed by atoms with Crippen LogP contribution in [0, 0.1) is 0 Å². The van der Waals surface area contributed by atoms with Crippen molar-refractivity contribution < 1.29 is 14.1 Å². The van der Waals surface area contributed by atoms with Crippen molar-refractivity contribution in [1.82, 2.24) is 5.27 Å². The van der Waals surface area contributed by atoms with Crippen LogP contribution in [-0.4, -0.2) is 23.3 Å². The van der Waals surface area contributed by atoms with Crippen molar-refractivity contribution in [2.45, 2.75) is 84.2 Å². The number of piperidine rings is 1. The fraction of sp³-hybridized carbons (Fsp3) is 0.591. The molecule has 2 unspecified atom stereocenters. The largest absolute Gasteiger partial charge is 0.584 e. The molecule has 3 rings (SSSR count). The van der Waals surface area contributed by atoms with Gasteiger partial charge in [0.2, 0.25) is 5.27 Å². The van der Waals surface area contributed by atoms with Gasteiger partial charge in [0, 0.05) is 6.42 Å². The van der Waals surface area contributed by atoms with Gasteiger partial charge in [-0.1, -0.05) is 56.5 Å². The van der Waals surface area contributed by atoms with E-state index < -0.39 is 0 Å². The molecule has 1 aromatic carbocycles. The van der Waals surface area contributed by atoms with Crippen LogP contribution in [0.5, 0.6) is 0 Å². The third-order valence-electron chi connectivity index (χ3n) is 5.55. The summed E-state index contributed by atoms with van der Waals surface area (Å²) in [7, 11) is 0. The maximum Gasteiger partial charge on any atom is 0.269 e. The molecule has 0 N–H and O–H groups in total. The average Bonchev–Trinajstić information content (AvgIpc) is 3.08. The third kappa shape index (κ3) is 4.72. The summed E-state index contributed by atoms with van der Waals surface area (Å²) in [6.45, 7) is 6.66. The summed E-state index contributed by atoms with van der Waals surface area (Å²) in [6, 6.07) is 9.87. The highest BCUT2D eigenvalue weighted by Crippen LogP contribution is 2.27. The molecule has 152 valence electrons. The summed E-state index contributed by atoms with van der Waals surface area (Å²) in [5.41, 5.74) is 1.46. The van der Waals surface area contributed by atoms with E-state index in [-0.39, 0.29) is 5.91 Å². The first-order valence-electron chi connectivity index (χ1n) is 10.6. The number of hydrogen-bond donors (Lipinski definition) is 0. The zero-order chi connectivity index (χ0) is 19.9. The second-order valence-electron chi connectivity index (χ2n) is 7.82. The van der Waals surface area contributed by atoms with E-state index in [0.29, 0.717) is 23.5 Å². The summed E-state index contributed by atoms with van der Waals surface area (Å²) in [5, 5.41) is 10.9. The molecule has 1 aliphatic rings. The minimum Gasteiger partial charge on any atom is -0.584 e. The van der Waals surface area contributed by atoms with E-state index >= 15 is 0 Å². The number of unbranched alkanes of at least 4 members (excludes halogenated alkanes) is 3. The van der Waals surface area contributed by atoms with Gasteiger partial charge < -0.3 is 14.6 Å². The highest BCUT2D eigenvalue weighted by atomic mass is 16.5. The Hall–Kier alpha value is -2.37. The summed E-state index contributed by atoms with van der Waals surface area (Å²) in [6.07, 6.45) is 8.88. The zero-order valence-electron chi connectivity index (χ0n) is 17.3. The van der Waals surface area contributed by atoms with Gasteiger partial charge in [-0.15, -0.1) is 5.01 Å². The molecule has 0 spiro atoms. The van der Waals surface area contributed by atoms with Crippen molar-refractivity contribution in [2.75, 3.05) is 5.01 Å². The molecule has 1 amide bonds. The van der Waals surface area contributed by atoms with Gasteiger partial charge >= 0.3 is 0 Å². The van der Waals surface area contributed by atoms with Crippen molar-refractivity contribution in [2.24, 2.45) is 0 Å². The van der Waals surface area contributed by atoms with Crippen LogP contribution in [0.3, 0.4) is 0 Å². The standard InChI is InChI=1S/C22H32N4O2/c1-4-5-6-10-16-20-22(23-21(27)19-14-8-7-9-15-19)28-24-26(20)25-17(2)12-11-13-18(25)3/h7-9,14-15,17-18H,4-6,10-13,16H2,1-3H3. The number of rotatable bonds is 8. The Labute approximate surface area is 167 Å². The van der Waals surface area contributed by atoms with Crippen LogP contribution in [-0.2, 0) is 6.42 Å². The molecule has 1 aliphatic heterocycles. The Morgan fingerprint density at radius 1 is 1.18 bits per heavy atom. The van der Waals surface area contributed by atoms with E-state index in [1.165, 1.54) is 19.3 Å². The summed E-state index contributed by atoms with van der Waals surface area (Å²) in [5.74, 6) is 0.0498. The molecular weight excluding hydrogens is 352 g/mol. The molecule has 2 aromatic rings. The second-order valence-corrected chi connectivity index (χ2v) is 7.82. The Bertz CT molecular complexity index is 749. The van der Waals surface area contributed by atoms with Crippen LogP contribution in [0.15, 0.2) is 34.9 Å².